The highest BCUT2D eigenvalue weighted by molar-refractivity contribution is 7.98. The van der Waals surface area contributed by atoms with Gasteiger partial charge in [-0.2, -0.15) is 0 Å². The molecule has 3 rings (SSSR count). The number of hydrogen-bond acceptors (Lipinski definition) is 9. The molecule has 1 amide bonds. The predicted molar refractivity (Wildman–Crippen MR) is 129 cm³/mol. The fraction of sp³-hybridized carbons (Fsp3) is 0.227. The summed E-state index contributed by atoms with van der Waals surface area (Å²) in [5.41, 5.74) is 8.45. The maximum absolute atomic E-state index is 12.8. The summed E-state index contributed by atoms with van der Waals surface area (Å²) in [4.78, 5) is 19.7. The van der Waals surface area contributed by atoms with Gasteiger partial charge >= 0.3 is 7.60 Å². The van der Waals surface area contributed by atoms with E-state index in [4.69, 9.17) is 14.8 Å². The van der Waals surface area contributed by atoms with Crippen LogP contribution in [0.5, 0.6) is 0 Å². The number of hydrogen-bond donors (Lipinski definition) is 2. The Morgan fingerprint density at radius 3 is 2.21 bits per heavy atom. The van der Waals surface area contributed by atoms with Crippen LogP contribution >= 0.6 is 7.60 Å². The van der Waals surface area contributed by atoms with Gasteiger partial charge in [-0.1, -0.05) is 29.8 Å². The van der Waals surface area contributed by atoms with Crippen molar-refractivity contribution in [2.75, 3.05) is 25.3 Å². The van der Waals surface area contributed by atoms with Crippen LogP contribution in [0.2, 0.25) is 0 Å². The molecule has 2 aromatic carbocycles. The molecule has 0 aliphatic carbocycles. The number of anilines is 2. The maximum atomic E-state index is 12.8. The third-order valence-electron chi connectivity index (χ3n) is 5.21. The number of rotatable bonds is 8. The van der Waals surface area contributed by atoms with Gasteiger partial charge in [0.1, 0.15) is 0 Å². The zero-order chi connectivity index (χ0) is 25.1. The van der Waals surface area contributed by atoms with Crippen molar-refractivity contribution in [1.29, 1.82) is 0 Å². The first-order valence-corrected chi connectivity index (χ1v) is 13.2. The molecule has 0 spiro atoms. The third-order valence-corrected chi connectivity index (χ3v) is 10.6. The van der Waals surface area contributed by atoms with Crippen molar-refractivity contribution in [3.8, 4) is 11.3 Å². The fourth-order valence-corrected chi connectivity index (χ4v) is 6.98. The zero-order valence-corrected chi connectivity index (χ0v) is 20.8. The lowest BCUT2D eigenvalue weighted by molar-refractivity contribution is 0.102. The Morgan fingerprint density at radius 1 is 1.06 bits per heavy atom. The van der Waals surface area contributed by atoms with Gasteiger partial charge in [0.05, 0.1) is 16.8 Å². The van der Waals surface area contributed by atoms with Crippen molar-refractivity contribution in [2.45, 2.75) is 23.7 Å². The minimum atomic E-state index is -4.03. The Morgan fingerprint density at radius 2 is 1.65 bits per heavy atom. The number of carbonyl (C=O) groups is 1. The summed E-state index contributed by atoms with van der Waals surface area (Å²) < 4.78 is 47.8. The van der Waals surface area contributed by atoms with Gasteiger partial charge in [-0.05, 0) is 38.1 Å². The van der Waals surface area contributed by atoms with Gasteiger partial charge in [-0.25, -0.2) is 18.4 Å². The molecule has 1 heterocycles. The Kier molecular flexibility index (Phi) is 7.52. The van der Waals surface area contributed by atoms with E-state index in [1.807, 2.05) is 31.2 Å². The number of nitrogens with one attached hydrogen (secondary N) is 1. The van der Waals surface area contributed by atoms with E-state index in [1.54, 1.807) is 0 Å². The highest BCUT2D eigenvalue weighted by Crippen LogP contribution is 2.54. The zero-order valence-electron chi connectivity index (χ0n) is 19.1. The molecular weight excluding hydrogens is 479 g/mol. The van der Waals surface area contributed by atoms with E-state index < -0.39 is 28.3 Å². The Hall–Kier alpha value is -3.11. The SMILES string of the molecule is COP(=O)(OC)C(C)S(=O)(=O)c1ccc(NC(=O)c2nc(-c3ccc(C)cc3)cnc2N)cc1. The number of nitrogens with zero attached hydrogens (tertiary/aromatic N) is 2. The molecule has 12 heteroatoms. The lowest BCUT2D eigenvalue weighted by Crippen LogP contribution is -2.20. The van der Waals surface area contributed by atoms with E-state index in [-0.39, 0.29) is 16.4 Å². The smallest absolute Gasteiger partial charge is 0.348 e. The molecule has 0 aliphatic rings. The van der Waals surface area contributed by atoms with E-state index in [0.717, 1.165) is 25.3 Å². The molecule has 0 fully saturated rings. The van der Waals surface area contributed by atoms with E-state index >= 15 is 0 Å². The Bertz CT molecular complexity index is 1340. The number of amides is 1. The van der Waals surface area contributed by atoms with Gasteiger partial charge < -0.3 is 20.1 Å². The minimum absolute atomic E-state index is 0.0451. The van der Waals surface area contributed by atoms with Crippen LogP contribution in [0.15, 0.2) is 59.6 Å². The molecule has 0 aliphatic heterocycles. The average molecular weight is 505 g/mol. The number of benzene rings is 2. The van der Waals surface area contributed by atoms with Crippen LogP contribution in [0, 0.1) is 6.92 Å². The molecule has 0 saturated carbocycles. The molecule has 34 heavy (non-hydrogen) atoms. The summed E-state index contributed by atoms with van der Waals surface area (Å²) in [6.07, 6.45) is 1.48. The topological polar surface area (TPSA) is 151 Å². The molecule has 3 aromatic rings. The van der Waals surface area contributed by atoms with Crippen LogP contribution in [0.1, 0.15) is 23.0 Å². The molecule has 1 aromatic heterocycles. The van der Waals surface area contributed by atoms with Crippen LogP contribution in [0.25, 0.3) is 11.3 Å². The van der Waals surface area contributed by atoms with Crippen LogP contribution in [-0.4, -0.2) is 43.5 Å². The second-order valence-corrected chi connectivity index (χ2v) is 12.6. The second kappa shape index (κ2) is 10.0. The van der Waals surface area contributed by atoms with Crippen molar-refractivity contribution in [3.05, 3.63) is 66.0 Å². The van der Waals surface area contributed by atoms with Crippen molar-refractivity contribution >= 4 is 34.8 Å². The molecule has 0 radical (unpaired) electrons. The van der Waals surface area contributed by atoms with Crippen LogP contribution in [-0.2, 0) is 23.4 Å². The van der Waals surface area contributed by atoms with Crippen LogP contribution in [0.4, 0.5) is 11.5 Å². The first-order chi connectivity index (χ1) is 16.0. The van der Waals surface area contributed by atoms with Gasteiger partial charge in [0.25, 0.3) is 5.91 Å². The number of aromatic nitrogens is 2. The van der Waals surface area contributed by atoms with Gasteiger partial charge in [-0.15, -0.1) is 0 Å². The largest absolute Gasteiger partial charge is 0.382 e. The summed E-state index contributed by atoms with van der Waals surface area (Å²) in [7, 11) is -5.65. The maximum Gasteiger partial charge on any atom is 0.348 e. The summed E-state index contributed by atoms with van der Waals surface area (Å²) in [5, 5.41) is 2.63. The normalized spacial score (nSPS) is 12.8. The Balaban J connectivity index is 1.82. The number of nitrogens with two attached hydrogens (primary N) is 1. The van der Waals surface area contributed by atoms with E-state index in [2.05, 4.69) is 15.3 Å². The first-order valence-electron chi connectivity index (χ1n) is 10.1. The van der Waals surface area contributed by atoms with Crippen molar-refractivity contribution in [1.82, 2.24) is 9.97 Å². The van der Waals surface area contributed by atoms with E-state index in [0.29, 0.717) is 11.4 Å². The van der Waals surface area contributed by atoms with Gasteiger partial charge in [0.15, 0.2) is 26.3 Å². The second-order valence-electron chi connectivity index (χ2n) is 7.38. The number of aryl methyl sites for hydroxylation is 1. The molecular formula is C22H25N4O6PS. The number of carbonyl (C=O) groups excluding carboxylic acids is 1. The van der Waals surface area contributed by atoms with Gasteiger partial charge in [0, 0.05) is 25.5 Å². The Labute approximate surface area is 198 Å². The summed E-state index contributed by atoms with van der Waals surface area (Å²) in [6, 6.07) is 12.9. The first kappa shape index (κ1) is 25.5. The average Bonchev–Trinajstić information content (AvgIpc) is 2.84. The number of sulfone groups is 1. The summed E-state index contributed by atoms with van der Waals surface area (Å²) in [5.74, 6) is -0.650. The monoisotopic (exact) mass is 504 g/mol. The lowest BCUT2D eigenvalue weighted by atomic mass is 10.1. The predicted octanol–water partition coefficient (Wildman–Crippen LogP) is 3.89. The molecule has 0 bridgehead atoms. The standard InChI is InChI=1S/C22H25N4O6PS/c1-14-5-7-16(8-6-14)19-13-24-21(23)20(26-19)22(27)25-17-9-11-18(12-10-17)34(29,30)15(2)33(28,31-3)32-4/h5-13,15H,1-4H3,(H2,23,24)(H,25,27). The lowest BCUT2D eigenvalue weighted by Gasteiger charge is -2.21. The highest BCUT2D eigenvalue weighted by Gasteiger charge is 2.41. The number of nitrogen functional groups attached to an aromatic ring is 1. The third kappa shape index (κ3) is 5.18. The molecule has 1 unspecified atom stereocenters. The van der Waals surface area contributed by atoms with Gasteiger partial charge in [-0.3, -0.25) is 9.36 Å². The summed E-state index contributed by atoms with van der Waals surface area (Å²) >= 11 is 0. The van der Waals surface area contributed by atoms with Crippen molar-refractivity contribution < 1.29 is 26.8 Å². The van der Waals surface area contributed by atoms with Crippen molar-refractivity contribution in [3.63, 3.8) is 0 Å². The van der Waals surface area contributed by atoms with Crippen LogP contribution in [0.3, 0.4) is 0 Å². The molecule has 10 nitrogen and oxygen atoms in total. The molecule has 0 saturated heterocycles. The molecule has 180 valence electrons. The van der Waals surface area contributed by atoms with Gasteiger partial charge in [0.2, 0.25) is 0 Å². The quantitative estimate of drug-likeness (QED) is 0.435. The highest BCUT2D eigenvalue weighted by atomic mass is 32.2. The fourth-order valence-electron chi connectivity index (χ4n) is 3.09. The van der Waals surface area contributed by atoms with Crippen molar-refractivity contribution in [2.24, 2.45) is 0 Å². The summed E-state index contributed by atoms with van der Waals surface area (Å²) in [6.45, 7) is 3.21. The molecule has 1 atom stereocenters. The van der Waals surface area contributed by atoms with E-state index in [1.165, 1.54) is 37.4 Å². The van der Waals surface area contributed by atoms with E-state index in [9.17, 15) is 17.8 Å². The van der Waals surface area contributed by atoms with Crippen LogP contribution < -0.4 is 11.1 Å². The minimum Gasteiger partial charge on any atom is -0.382 e. The molecule has 3 N–H and O–H groups in total.